The van der Waals surface area contributed by atoms with Gasteiger partial charge in [-0.25, -0.2) is 4.79 Å². The molecule has 5 rings (SSSR count). The van der Waals surface area contributed by atoms with Crippen molar-refractivity contribution in [2.24, 2.45) is 17.8 Å². The Hall–Kier alpha value is -3.71. The lowest BCUT2D eigenvalue weighted by Crippen LogP contribution is -2.43. The zero-order valence-electron chi connectivity index (χ0n) is 25.0. The molecule has 1 saturated carbocycles. The Balaban J connectivity index is 0.00000148. The third-order valence-electron chi connectivity index (χ3n) is 8.44. The number of aromatic nitrogens is 1. The van der Waals surface area contributed by atoms with Gasteiger partial charge in [-0.2, -0.15) is 0 Å². The van der Waals surface area contributed by atoms with Crippen molar-refractivity contribution < 1.29 is 23.8 Å². The lowest BCUT2D eigenvalue weighted by molar-refractivity contribution is 0.0694. The number of benzene rings is 2. The fraction of sp³-hybridized carbons (Fsp3) is 0.513. The quantitative estimate of drug-likeness (QED) is 0.163. The largest absolute Gasteiger partial charge is 0.497 e. The van der Waals surface area contributed by atoms with Gasteiger partial charge in [-0.1, -0.05) is 79.0 Å². The first-order valence-electron chi connectivity index (χ1n) is 15.1. The van der Waals surface area contributed by atoms with Gasteiger partial charge >= 0.3 is 6.09 Å². The van der Waals surface area contributed by atoms with E-state index in [1.165, 1.54) is 25.7 Å². The van der Waals surface area contributed by atoms with E-state index < -0.39 is 0 Å². The summed E-state index contributed by atoms with van der Waals surface area (Å²) < 4.78 is 15.8. The van der Waals surface area contributed by atoms with E-state index in [1.807, 2.05) is 54.6 Å². The zero-order valence-corrected chi connectivity index (χ0v) is 25.0. The molecule has 3 aromatic rings. The number of hydrogen-bond acceptors (Lipinski definition) is 6. The number of carbonyl (C=O) groups is 2. The zero-order chi connectivity index (χ0) is 29.7. The van der Waals surface area contributed by atoms with Crippen LogP contribution in [0.2, 0.25) is 0 Å². The second kappa shape index (κ2) is 21.9. The van der Waals surface area contributed by atoms with Crippen LogP contribution in [0.1, 0.15) is 90.6 Å². The van der Waals surface area contributed by atoms with Gasteiger partial charge in [0.05, 0.1) is 12.6 Å². The van der Waals surface area contributed by atoms with E-state index >= 15 is 0 Å². The summed E-state index contributed by atoms with van der Waals surface area (Å²) in [7, 11) is 3.40. The fourth-order valence-corrected chi connectivity index (χ4v) is 5.99. The van der Waals surface area contributed by atoms with Crippen molar-refractivity contribution in [1.29, 1.82) is 0 Å². The summed E-state index contributed by atoms with van der Waals surface area (Å²) in [6.07, 6.45) is 10.9. The van der Waals surface area contributed by atoms with Gasteiger partial charge in [0.25, 0.3) is 0 Å². The second-order valence-corrected chi connectivity index (χ2v) is 11.2. The van der Waals surface area contributed by atoms with Crippen LogP contribution < -0.4 is 4.74 Å². The minimum Gasteiger partial charge on any atom is -0.497 e. The number of ether oxygens (including phenoxy) is 3. The summed E-state index contributed by atoms with van der Waals surface area (Å²) >= 11 is 0. The number of ketones is 1. The van der Waals surface area contributed by atoms with Gasteiger partial charge in [0.1, 0.15) is 12.4 Å². The molecule has 1 saturated heterocycles. The minimum absolute atomic E-state index is 0. The van der Waals surface area contributed by atoms with Gasteiger partial charge < -0.3 is 19.1 Å². The number of rotatable bonds is 10. The molecule has 2 aromatic carbocycles. The predicted octanol–water partition coefficient (Wildman–Crippen LogP) is 10.0. The summed E-state index contributed by atoms with van der Waals surface area (Å²) in [6.45, 7) is 6.41. The molecule has 2 aliphatic rings. The number of fused-ring (bicyclic) bond motifs is 1. The smallest absolute Gasteiger partial charge is 0.410 e. The average molecular weight is 637 g/mol. The molecule has 256 valence electrons. The van der Waals surface area contributed by atoms with Crippen LogP contribution >= 0.6 is 0 Å². The fourth-order valence-electron chi connectivity index (χ4n) is 5.99. The first-order valence-corrected chi connectivity index (χ1v) is 15.1. The van der Waals surface area contributed by atoms with Crippen molar-refractivity contribution in [2.75, 3.05) is 33.9 Å². The highest BCUT2D eigenvalue weighted by atomic mass is 16.6. The van der Waals surface area contributed by atoms with Crippen LogP contribution in [0, 0.1) is 17.8 Å². The molecular formula is C39H60N2O5. The van der Waals surface area contributed by atoms with Crippen LogP contribution in [0.4, 0.5) is 4.79 Å². The van der Waals surface area contributed by atoms with Gasteiger partial charge in [-0.05, 0) is 73.3 Å². The van der Waals surface area contributed by atoms with E-state index in [0.29, 0.717) is 36.7 Å². The highest BCUT2D eigenvalue weighted by Crippen LogP contribution is 2.31. The van der Waals surface area contributed by atoms with Gasteiger partial charge in [-0.15, -0.1) is 6.58 Å². The Kier molecular flexibility index (Phi) is 20.2. The van der Waals surface area contributed by atoms with Crippen LogP contribution in [-0.2, 0) is 16.1 Å². The van der Waals surface area contributed by atoms with Crippen molar-refractivity contribution in [3.63, 3.8) is 0 Å². The molecule has 0 radical (unpaired) electrons. The SMILES string of the molecule is C.C.C.C.C=C[C@H]1CN(C(=O)OCc2ccccc2)CC[C@H]1CCC(=O)c1ccnc2ccc(OC)cc12.COCC1CCCC1. The number of likely N-dealkylation sites (tertiary alicyclic amines) is 1. The molecule has 46 heavy (non-hydrogen) atoms. The van der Waals surface area contributed by atoms with Gasteiger partial charge in [0, 0.05) is 50.4 Å². The molecular weight excluding hydrogens is 576 g/mol. The highest BCUT2D eigenvalue weighted by Gasteiger charge is 2.31. The van der Waals surface area contributed by atoms with Crippen molar-refractivity contribution in [3.8, 4) is 5.75 Å². The van der Waals surface area contributed by atoms with Gasteiger partial charge in [0.15, 0.2) is 5.78 Å². The van der Waals surface area contributed by atoms with Crippen molar-refractivity contribution in [1.82, 2.24) is 9.88 Å². The number of amides is 1. The molecule has 1 aliphatic heterocycles. The number of pyridine rings is 1. The number of carbonyl (C=O) groups excluding carboxylic acids is 2. The summed E-state index contributed by atoms with van der Waals surface area (Å²) in [6, 6.07) is 17.0. The first kappa shape index (κ1) is 42.3. The van der Waals surface area contributed by atoms with Crippen molar-refractivity contribution >= 4 is 22.8 Å². The average Bonchev–Trinajstić information content (AvgIpc) is 3.56. The summed E-state index contributed by atoms with van der Waals surface area (Å²) in [5, 5.41) is 0.808. The number of piperidine rings is 1. The van der Waals surface area contributed by atoms with Crippen LogP contribution in [0.5, 0.6) is 5.75 Å². The molecule has 2 heterocycles. The summed E-state index contributed by atoms with van der Waals surface area (Å²) in [5.41, 5.74) is 2.41. The summed E-state index contributed by atoms with van der Waals surface area (Å²) in [5.74, 6) is 2.10. The molecule has 1 aliphatic carbocycles. The molecule has 7 heteroatoms. The van der Waals surface area contributed by atoms with Crippen LogP contribution in [0.15, 0.2) is 73.4 Å². The van der Waals surface area contributed by atoms with Crippen LogP contribution in [-0.4, -0.2) is 55.7 Å². The summed E-state index contributed by atoms with van der Waals surface area (Å²) in [4.78, 5) is 31.8. The van der Waals surface area contributed by atoms with E-state index in [-0.39, 0.29) is 54.1 Å². The predicted molar refractivity (Wildman–Crippen MR) is 193 cm³/mol. The monoisotopic (exact) mass is 636 g/mol. The molecule has 2 fully saturated rings. The van der Waals surface area contributed by atoms with E-state index in [9.17, 15) is 9.59 Å². The number of Topliss-reactive ketones (excluding diaryl/α,β-unsaturated/α-hetero) is 1. The Morgan fingerprint density at radius 1 is 0.978 bits per heavy atom. The van der Waals surface area contributed by atoms with E-state index in [0.717, 1.165) is 41.8 Å². The van der Waals surface area contributed by atoms with Gasteiger partial charge in [-0.3, -0.25) is 9.78 Å². The minimum atomic E-state index is -0.303. The van der Waals surface area contributed by atoms with Crippen LogP contribution in [0.3, 0.4) is 0 Å². The molecule has 0 unspecified atom stereocenters. The topological polar surface area (TPSA) is 78.0 Å². The maximum atomic E-state index is 13.1. The lowest BCUT2D eigenvalue weighted by Gasteiger charge is -2.36. The molecule has 0 N–H and O–H groups in total. The molecule has 1 amide bonds. The van der Waals surface area contributed by atoms with E-state index in [1.54, 1.807) is 31.4 Å². The normalized spacial score (nSPS) is 17.0. The third kappa shape index (κ3) is 11.9. The number of nitrogens with zero attached hydrogens (tertiary/aromatic N) is 2. The highest BCUT2D eigenvalue weighted by molar-refractivity contribution is 6.07. The van der Waals surface area contributed by atoms with E-state index in [4.69, 9.17) is 14.2 Å². The standard InChI is InChI=1S/C28H30N2O4.C7H14O.4CH4/c1-3-21-18-30(28(32)34-19-20-7-5-4-6-8-20)16-14-22(21)9-12-27(31)24-13-15-29-26-11-10-23(33-2)17-25(24)26;1-8-6-7-4-2-3-5-7;;;;/h3-8,10-11,13,15,17,21-22H,1,9,12,14,16,18-19H2,2H3;7H,2-6H2,1H3;4*1H4/t21-,22+;;;;;/m0...../s1. The van der Waals surface area contributed by atoms with Crippen LogP contribution in [0.25, 0.3) is 10.9 Å². The van der Waals surface area contributed by atoms with E-state index in [2.05, 4.69) is 11.6 Å². The lowest BCUT2D eigenvalue weighted by atomic mass is 9.81. The van der Waals surface area contributed by atoms with Crippen molar-refractivity contribution in [3.05, 3.63) is 84.6 Å². The number of hydrogen-bond donors (Lipinski definition) is 0. The Morgan fingerprint density at radius 2 is 1.70 bits per heavy atom. The third-order valence-corrected chi connectivity index (χ3v) is 8.44. The molecule has 0 bridgehead atoms. The molecule has 7 nitrogen and oxygen atoms in total. The number of methoxy groups -OCH3 is 2. The Bertz CT molecular complexity index is 1310. The van der Waals surface area contributed by atoms with Crippen molar-refractivity contribution in [2.45, 2.75) is 81.3 Å². The molecule has 0 spiro atoms. The maximum Gasteiger partial charge on any atom is 0.410 e. The first-order chi connectivity index (χ1) is 20.5. The Labute approximate surface area is 279 Å². The maximum absolute atomic E-state index is 13.1. The second-order valence-electron chi connectivity index (χ2n) is 11.2. The molecule has 2 atom stereocenters. The Morgan fingerprint density at radius 3 is 2.35 bits per heavy atom. The van der Waals surface area contributed by atoms with Gasteiger partial charge in [0.2, 0.25) is 0 Å². The molecule has 1 aromatic heterocycles.